The van der Waals surface area contributed by atoms with Crippen molar-refractivity contribution in [2.45, 2.75) is 133 Å². The second kappa shape index (κ2) is 17.0. The van der Waals surface area contributed by atoms with Gasteiger partial charge in [0.15, 0.2) is 11.5 Å². The molecule has 2 N–H and O–H groups in total. The zero-order valence-electron chi connectivity index (χ0n) is 37.8. The summed E-state index contributed by atoms with van der Waals surface area (Å²) >= 11 is 0. The Bertz CT molecular complexity index is 2050. The first-order valence-corrected chi connectivity index (χ1v) is 21.2. The van der Waals surface area contributed by atoms with Gasteiger partial charge in [-0.2, -0.15) is 0 Å². The third kappa shape index (κ3) is 9.45. The third-order valence-corrected chi connectivity index (χ3v) is 11.6. The van der Waals surface area contributed by atoms with Gasteiger partial charge in [-0.25, -0.2) is 0 Å². The van der Waals surface area contributed by atoms with E-state index < -0.39 is 0 Å². The van der Waals surface area contributed by atoms with Crippen LogP contribution in [0.4, 0.5) is 11.4 Å². The van der Waals surface area contributed by atoms with Gasteiger partial charge < -0.3 is 29.4 Å². The molecule has 0 fully saturated rings. The lowest BCUT2D eigenvalue weighted by atomic mass is 9.86. The van der Waals surface area contributed by atoms with E-state index >= 15 is 0 Å². The number of carbonyl (C=O) groups is 2. The number of nitrogens with one attached hydrogen (secondary N) is 2. The molecule has 2 aliphatic rings. The summed E-state index contributed by atoms with van der Waals surface area (Å²) in [7, 11) is 1.32. The summed E-state index contributed by atoms with van der Waals surface area (Å²) in [5, 5.41) is 6.48. The number of ether oxygens (including phenoxy) is 2. The van der Waals surface area contributed by atoms with Crippen LogP contribution in [0.2, 0.25) is 0 Å². The van der Waals surface area contributed by atoms with E-state index in [1.54, 1.807) is 0 Å². The molecule has 6 rings (SSSR count). The maximum absolute atomic E-state index is 13.5. The van der Waals surface area contributed by atoms with E-state index in [1.165, 1.54) is 18.8 Å². The van der Waals surface area contributed by atoms with Crippen molar-refractivity contribution in [2.75, 3.05) is 23.8 Å². The minimum absolute atomic E-state index is 0.0600. The Kier molecular flexibility index (Phi) is 12.6. The van der Waals surface area contributed by atoms with Crippen LogP contribution in [0.1, 0.15) is 161 Å². The van der Waals surface area contributed by atoms with E-state index in [2.05, 4.69) is 128 Å². The number of hydrogen-bond acceptors (Lipinski definition) is 6. The minimum atomic E-state index is -0.191. The van der Waals surface area contributed by atoms with Crippen LogP contribution in [-0.4, -0.2) is 32.7 Å². The van der Waals surface area contributed by atoms with Gasteiger partial charge in [0.25, 0.3) is 0 Å². The van der Waals surface area contributed by atoms with E-state index in [4.69, 9.17) is 18.8 Å². The highest BCUT2D eigenvalue weighted by Gasteiger charge is 2.37. The van der Waals surface area contributed by atoms with E-state index in [-0.39, 0.29) is 34.5 Å². The van der Waals surface area contributed by atoms with Crippen molar-refractivity contribution in [3.63, 3.8) is 0 Å². The topological polar surface area (TPSA) is 95.1 Å². The van der Waals surface area contributed by atoms with Gasteiger partial charge >= 0.3 is 7.69 Å². The van der Waals surface area contributed by atoms with Gasteiger partial charge in [0.2, 0.25) is 11.8 Å². The number of rotatable bonds is 12. The molecule has 8 nitrogen and oxygen atoms in total. The quantitative estimate of drug-likeness (QED) is 0.139. The summed E-state index contributed by atoms with van der Waals surface area (Å²) in [6, 6.07) is 17.4. The Morgan fingerprint density at radius 2 is 0.949 bits per heavy atom. The summed E-state index contributed by atoms with van der Waals surface area (Å²) in [6.45, 7) is 29.9. The van der Waals surface area contributed by atoms with Gasteiger partial charge in [-0.15, -0.1) is 0 Å². The molecule has 9 heteroatoms. The molecular weight excluding hydrogens is 735 g/mol. The molecule has 0 saturated heterocycles. The number of carbonyl (C=O) groups excluding carboxylic acids is 2. The largest absolute Gasteiger partial charge is 0.658 e. The maximum Gasteiger partial charge on any atom is 0.658 e. The SMILES string of the molecule is Cc1c(NC(=O)CC(C)(C)C)c(C)c2c(c1O[B]Oc1c(C)c(NC(=O)CC(C)(C)C)c(C)c3c1OCC3c1ccc(C(C)C)cc1)OCC2c1ccc(C(C)C)cc1. The Balaban J connectivity index is 1.39. The number of amides is 2. The number of hydrogen-bond donors (Lipinski definition) is 2. The molecule has 0 saturated carbocycles. The zero-order valence-corrected chi connectivity index (χ0v) is 37.8. The highest BCUT2D eigenvalue weighted by molar-refractivity contribution is 6.21. The Morgan fingerprint density at radius 1 is 0.610 bits per heavy atom. The standard InChI is InChI=1S/C50H64BN2O6/c1-27(2)33-15-19-35(20-16-33)37-25-56-47-41(37)29(5)43(52-39(54)23-49(9,10)11)31(7)45(47)58-51-59-46-32(8)44(53-40(55)24-50(12,13)14)30(6)42-38(26-57-48(42)46)36-21-17-34(18-22-36)28(3)4/h15-22,27-28,37-38H,23-26H2,1-14H3,(H,52,54)(H,53,55). The van der Waals surface area contributed by atoms with Crippen molar-refractivity contribution < 1.29 is 28.4 Å². The molecule has 2 unspecified atom stereocenters. The van der Waals surface area contributed by atoms with Crippen LogP contribution in [0.15, 0.2) is 48.5 Å². The van der Waals surface area contributed by atoms with Crippen molar-refractivity contribution in [2.24, 2.45) is 10.8 Å². The lowest BCUT2D eigenvalue weighted by molar-refractivity contribution is -0.118. The molecule has 1 radical (unpaired) electrons. The summed E-state index contributed by atoms with van der Waals surface area (Å²) in [6.07, 6.45) is 0.723. The molecule has 4 aromatic carbocycles. The summed E-state index contributed by atoms with van der Waals surface area (Å²) in [5.74, 6) is 2.80. The summed E-state index contributed by atoms with van der Waals surface area (Å²) in [5.41, 5.74) is 11.2. The zero-order chi connectivity index (χ0) is 43.1. The van der Waals surface area contributed by atoms with E-state index in [1.807, 2.05) is 27.7 Å². The van der Waals surface area contributed by atoms with Crippen LogP contribution >= 0.6 is 0 Å². The number of fused-ring (bicyclic) bond motifs is 2. The normalized spacial score (nSPS) is 16.0. The fourth-order valence-electron chi connectivity index (χ4n) is 8.47. The summed E-state index contributed by atoms with van der Waals surface area (Å²) in [4.78, 5) is 26.9. The predicted octanol–water partition coefficient (Wildman–Crippen LogP) is 12.0. The average molecular weight is 800 g/mol. The van der Waals surface area contributed by atoms with Gasteiger partial charge in [0.1, 0.15) is 11.5 Å². The molecule has 2 atom stereocenters. The highest BCUT2D eigenvalue weighted by Crippen LogP contribution is 2.53. The molecule has 4 aromatic rings. The molecule has 59 heavy (non-hydrogen) atoms. The molecule has 2 amide bonds. The van der Waals surface area contributed by atoms with Crippen LogP contribution in [0, 0.1) is 38.5 Å². The van der Waals surface area contributed by atoms with Crippen molar-refractivity contribution >= 4 is 30.9 Å². The Hall–Kier alpha value is -4.92. The fourth-order valence-corrected chi connectivity index (χ4v) is 8.47. The van der Waals surface area contributed by atoms with Crippen molar-refractivity contribution in [1.82, 2.24) is 0 Å². The molecule has 0 bridgehead atoms. The van der Waals surface area contributed by atoms with Gasteiger partial charge in [-0.1, -0.05) is 118 Å². The minimum Gasteiger partial charge on any atom is -0.523 e. The Labute approximate surface area is 353 Å². The predicted molar refractivity (Wildman–Crippen MR) is 240 cm³/mol. The first-order valence-electron chi connectivity index (χ1n) is 21.2. The van der Waals surface area contributed by atoms with E-state index in [9.17, 15) is 9.59 Å². The second-order valence-electron chi connectivity index (χ2n) is 19.7. The van der Waals surface area contributed by atoms with Crippen LogP contribution in [0.3, 0.4) is 0 Å². The van der Waals surface area contributed by atoms with Gasteiger partial charge in [0, 0.05) is 46.9 Å². The van der Waals surface area contributed by atoms with Crippen molar-refractivity contribution in [3.8, 4) is 23.0 Å². The second-order valence-corrected chi connectivity index (χ2v) is 19.7. The van der Waals surface area contributed by atoms with Gasteiger partial charge in [0.05, 0.1) is 24.6 Å². The number of anilines is 2. The lowest BCUT2D eigenvalue weighted by Crippen LogP contribution is -2.22. The van der Waals surface area contributed by atoms with Gasteiger partial charge in [-0.05, 0) is 83.7 Å². The third-order valence-electron chi connectivity index (χ3n) is 11.6. The Morgan fingerprint density at radius 3 is 1.25 bits per heavy atom. The van der Waals surface area contributed by atoms with Crippen LogP contribution in [0.5, 0.6) is 23.0 Å². The maximum atomic E-state index is 13.5. The fraction of sp³-hybridized carbons (Fsp3) is 0.480. The molecule has 0 spiro atoms. The van der Waals surface area contributed by atoms with E-state index in [0.29, 0.717) is 72.3 Å². The van der Waals surface area contributed by atoms with Gasteiger partial charge in [-0.3, -0.25) is 9.59 Å². The lowest BCUT2D eigenvalue weighted by Gasteiger charge is -2.24. The average Bonchev–Trinajstić information content (AvgIpc) is 3.79. The highest BCUT2D eigenvalue weighted by atomic mass is 16.6. The summed E-state index contributed by atoms with van der Waals surface area (Å²) < 4.78 is 26.0. The van der Waals surface area contributed by atoms with E-state index in [0.717, 1.165) is 44.5 Å². The molecule has 313 valence electrons. The van der Waals surface area contributed by atoms with Crippen LogP contribution in [-0.2, 0) is 9.59 Å². The number of benzene rings is 4. The molecule has 2 aliphatic heterocycles. The van der Waals surface area contributed by atoms with Crippen LogP contribution in [0.25, 0.3) is 0 Å². The molecule has 0 aromatic heterocycles. The first kappa shape index (κ1) is 43.7. The monoisotopic (exact) mass is 799 g/mol. The van der Waals surface area contributed by atoms with Crippen molar-refractivity contribution in [1.29, 1.82) is 0 Å². The smallest absolute Gasteiger partial charge is 0.523 e. The molecular formula is C50H64BN2O6. The first-order chi connectivity index (χ1) is 27.6. The van der Waals surface area contributed by atoms with Crippen molar-refractivity contribution in [3.05, 3.63) is 104 Å². The van der Waals surface area contributed by atoms with Crippen LogP contribution < -0.4 is 29.4 Å². The molecule has 2 heterocycles. The molecule has 0 aliphatic carbocycles.